The predicted octanol–water partition coefficient (Wildman–Crippen LogP) is 2.06. The number of nitrogens with one attached hydrogen (secondary N) is 2. The molecule has 1 saturated heterocycles. The average Bonchev–Trinajstić information content (AvgIpc) is 2.75. The third-order valence-electron chi connectivity index (χ3n) is 3.16. The Hall–Kier alpha value is -1.36. The van der Waals surface area contributed by atoms with Crippen LogP contribution < -0.4 is 10.6 Å². The van der Waals surface area contributed by atoms with Crippen molar-refractivity contribution < 1.29 is 4.74 Å². The number of rotatable bonds is 5. The normalized spacial score (nSPS) is 23.1. The molecule has 1 aliphatic rings. The summed E-state index contributed by atoms with van der Waals surface area (Å²) in [5, 5.41) is 6.68. The van der Waals surface area contributed by atoms with Crippen LogP contribution in [0.3, 0.4) is 0 Å². The van der Waals surface area contributed by atoms with Gasteiger partial charge in [0.25, 0.3) is 0 Å². The molecule has 5 nitrogen and oxygen atoms in total. The molecule has 0 radical (unpaired) electrons. The highest BCUT2D eigenvalue weighted by Crippen LogP contribution is 2.19. The van der Waals surface area contributed by atoms with Gasteiger partial charge in [0.1, 0.15) is 17.5 Å². The molecule has 1 fully saturated rings. The van der Waals surface area contributed by atoms with Gasteiger partial charge in [-0.05, 0) is 20.3 Å². The van der Waals surface area contributed by atoms with Gasteiger partial charge in [0.05, 0.1) is 12.1 Å². The van der Waals surface area contributed by atoms with Crippen LogP contribution in [0, 0.1) is 0 Å². The zero-order valence-electron chi connectivity index (χ0n) is 11.4. The van der Waals surface area contributed by atoms with E-state index in [0.717, 1.165) is 43.5 Å². The molecule has 5 heteroatoms. The van der Waals surface area contributed by atoms with Crippen LogP contribution in [-0.2, 0) is 11.2 Å². The van der Waals surface area contributed by atoms with Crippen molar-refractivity contribution in [2.24, 2.45) is 0 Å². The Morgan fingerprint density at radius 2 is 2.11 bits per heavy atom. The van der Waals surface area contributed by atoms with Gasteiger partial charge in [0.15, 0.2) is 0 Å². The molecule has 0 saturated carbocycles. The summed E-state index contributed by atoms with van der Waals surface area (Å²) < 4.78 is 5.55. The van der Waals surface area contributed by atoms with Crippen LogP contribution in [0.5, 0.6) is 0 Å². The Balaban J connectivity index is 2.12. The number of aromatic nitrogens is 2. The van der Waals surface area contributed by atoms with E-state index < -0.39 is 0 Å². The van der Waals surface area contributed by atoms with Crippen molar-refractivity contribution in [3.05, 3.63) is 11.9 Å². The first-order valence-electron chi connectivity index (χ1n) is 6.73. The largest absolute Gasteiger partial charge is 0.376 e. The summed E-state index contributed by atoms with van der Waals surface area (Å²) in [6.07, 6.45) is 2.11. The second-order valence-corrected chi connectivity index (χ2v) is 4.55. The molecule has 1 aromatic heterocycles. The summed E-state index contributed by atoms with van der Waals surface area (Å²) >= 11 is 0. The smallest absolute Gasteiger partial charge is 0.132 e. The van der Waals surface area contributed by atoms with Gasteiger partial charge in [-0.2, -0.15) is 0 Å². The van der Waals surface area contributed by atoms with E-state index in [1.165, 1.54) is 0 Å². The van der Waals surface area contributed by atoms with E-state index in [-0.39, 0.29) is 6.10 Å². The monoisotopic (exact) mass is 250 g/mol. The second-order valence-electron chi connectivity index (χ2n) is 4.55. The van der Waals surface area contributed by atoms with E-state index in [4.69, 9.17) is 4.74 Å². The molecule has 2 unspecified atom stereocenters. The Labute approximate surface area is 108 Å². The van der Waals surface area contributed by atoms with Gasteiger partial charge in [-0.3, -0.25) is 0 Å². The fraction of sp³-hybridized carbons (Fsp3) is 0.692. The van der Waals surface area contributed by atoms with Crippen LogP contribution in [0.2, 0.25) is 0 Å². The molecule has 100 valence electrons. The highest BCUT2D eigenvalue weighted by atomic mass is 16.5. The molecule has 2 atom stereocenters. The lowest BCUT2D eigenvalue weighted by atomic mass is 10.1. The quantitative estimate of drug-likeness (QED) is 0.837. The molecule has 0 bridgehead atoms. The Kier molecular flexibility index (Phi) is 4.36. The molecule has 0 aliphatic carbocycles. The molecule has 0 amide bonds. The summed E-state index contributed by atoms with van der Waals surface area (Å²) in [7, 11) is 0. The lowest BCUT2D eigenvalue weighted by molar-refractivity contribution is 0.121. The molecule has 1 aliphatic heterocycles. The topological polar surface area (TPSA) is 59.1 Å². The van der Waals surface area contributed by atoms with Crippen molar-refractivity contribution >= 4 is 11.6 Å². The molecular weight excluding hydrogens is 228 g/mol. The maximum Gasteiger partial charge on any atom is 0.132 e. The zero-order chi connectivity index (χ0) is 13.0. The summed E-state index contributed by atoms with van der Waals surface area (Å²) in [6.45, 7) is 7.91. The highest BCUT2D eigenvalue weighted by molar-refractivity contribution is 5.48. The maximum absolute atomic E-state index is 5.55. The van der Waals surface area contributed by atoms with Gasteiger partial charge in [-0.15, -0.1) is 0 Å². The molecule has 2 N–H and O–H groups in total. The molecule has 2 heterocycles. The summed E-state index contributed by atoms with van der Waals surface area (Å²) in [5.74, 6) is 2.64. The minimum absolute atomic E-state index is 0.243. The first-order valence-corrected chi connectivity index (χ1v) is 6.73. The maximum atomic E-state index is 5.55. The predicted molar refractivity (Wildman–Crippen MR) is 73.0 cm³/mol. The molecule has 0 aromatic carbocycles. The van der Waals surface area contributed by atoms with Crippen molar-refractivity contribution in [2.45, 2.75) is 45.8 Å². The summed E-state index contributed by atoms with van der Waals surface area (Å²) in [4.78, 5) is 8.96. The van der Waals surface area contributed by atoms with Crippen LogP contribution in [-0.4, -0.2) is 35.3 Å². The van der Waals surface area contributed by atoms with Crippen LogP contribution in [0.1, 0.15) is 33.0 Å². The fourth-order valence-corrected chi connectivity index (χ4v) is 2.11. The lowest BCUT2D eigenvalue weighted by Gasteiger charge is -2.17. The Morgan fingerprint density at radius 1 is 1.33 bits per heavy atom. The molecule has 1 aromatic rings. The average molecular weight is 250 g/mol. The van der Waals surface area contributed by atoms with Gasteiger partial charge in [0.2, 0.25) is 0 Å². The molecule has 18 heavy (non-hydrogen) atoms. The first-order chi connectivity index (χ1) is 8.72. The zero-order valence-corrected chi connectivity index (χ0v) is 11.4. The number of anilines is 2. The Bertz CT molecular complexity index is 397. The third-order valence-corrected chi connectivity index (χ3v) is 3.16. The van der Waals surface area contributed by atoms with Gasteiger partial charge in [-0.1, -0.05) is 6.92 Å². The number of nitrogens with zero attached hydrogens (tertiary/aromatic N) is 2. The van der Waals surface area contributed by atoms with E-state index in [2.05, 4.69) is 41.4 Å². The van der Waals surface area contributed by atoms with Gasteiger partial charge >= 0.3 is 0 Å². The molecule has 2 rings (SSSR count). The number of aryl methyl sites for hydroxylation is 1. The van der Waals surface area contributed by atoms with Crippen LogP contribution in [0.4, 0.5) is 11.6 Å². The number of ether oxygens (including phenoxy) is 1. The fourth-order valence-electron chi connectivity index (χ4n) is 2.11. The molecule has 0 spiro atoms. The van der Waals surface area contributed by atoms with Gasteiger partial charge < -0.3 is 15.4 Å². The van der Waals surface area contributed by atoms with E-state index in [1.807, 2.05) is 6.07 Å². The number of hydrogen-bond acceptors (Lipinski definition) is 5. The highest BCUT2D eigenvalue weighted by Gasteiger charge is 2.24. The third kappa shape index (κ3) is 3.10. The first kappa shape index (κ1) is 13.1. The molecular formula is C13H22N4O. The van der Waals surface area contributed by atoms with Crippen molar-refractivity contribution in [3.8, 4) is 0 Å². The van der Waals surface area contributed by atoms with E-state index >= 15 is 0 Å². The van der Waals surface area contributed by atoms with E-state index in [0.29, 0.717) is 6.04 Å². The number of hydrogen-bond donors (Lipinski definition) is 2. The standard InChI is InChI=1S/C13H22N4O/c1-4-11-16-12(14-5-2)8-13(17-11)15-10-6-7-18-9(10)3/h8-10H,4-7H2,1-3H3,(H2,14,15,16,17). The minimum atomic E-state index is 0.243. The Morgan fingerprint density at radius 3 is 2.72 bits per heavy atom. The summed E-state index contributed by atoms with van der Waals surface area (Å²) in [6, 6.07) is 2.31. The van der Waals surface area contributed by atoms with E-state index in [1.54, 1.807) is 0 Å². The van der Waals surface area contributed by atoms with Crippen molar-refractivity contribution in [1.82, 2.24) is 9.97 Å². The van der Waals surface area contributed by atoms with Crippen LogP contribution in [0.25, 0.3) is 0 Å². The second kappa shape index (κ2) is 6.00. The van der Waals surface area contributed by atoms with Crippen LogP contribution >= 0.6 is 0 Å². The van der Waals surface area contributed by atoms with Gasteiger partial charge in [0, 0.05) is 25.6 Å². The van der Waals surface area contributed by atoms with Crippen molar-refractivity contribution in [2.75, 3.05) is 23.8 Å². The SMILES string of the molecule is CCNc1cc(NC2CCOC2C)nc(CC)n1. The van der Waals surface area contributed by atoms with E-state index in [9.17, 15) is 0 Å². The van der Waals surface area contributed by atoms with Crippen LogP contribution in [0.15, 0.2) is 6.07 Å². The van der Waals surface area contributed by atoms with Crippen molar-refractivity contribution in [1.29, 1.82) is 0 Å². The van der Waals surface area contributed by atoms with Gasteiger partial charge in [-0.25, -0.2) is 9.97 Å². The lowest BCUT2D eigenvalue weighted by Crippen LogP contribution is -2.27. The summed E-state index contributed by atoms with van der Waals surface area (Å²) in [5.41, 5.74) is 0. The minimum Gasteiger partial charge on any atom is -0.376 e. The van der Waals surface area contributed by atoms with Crippen molar-refractivity contribution in [3.63, 3.8) is 0 Å².